The average Bonchev–Trinajstić information content (AvgIpc) is 3.05. The minimum absolute atomic E-state index is 0.109. The van der Waals surface area contributed by atoms with Crippen molar-refractivity contribution in [1.82, 2.24) is 14.9 Å². The number of sulfonamides is 1. The SMILES string of the molecule is Cc1nc(-c2ccccc2)ncc1C(=O)N1CCC(S(N)(=O)=O)C1. The molecule has 1 aromatic heterocycles. The minimum Gasteiger partial charge on any atom is -0.337 e. The van der Waals surface area contributed by atoms with Crippen LogP contribution in [-0.2, 0) is 10.0 Å². The van der Waals surface area contributed by atoms with Crippen molar-refractivity contribution in [3.63, 3.8) is 0 Å². The van der Waals surface area contributed by atoms with Crippen LogP contribution in [0.15, 0.2) is 36.5 Å². The van der Waals surface area contributed by atoms with Gasteiger partial charge in [-0.15, -0.1) is 0 Å². The Bertz CT molecular complexity index is 868. The molecule has 1 amide bonds. The van der Waals surface area contributed by atoms with E-state index < -0.39 is 15.3 Å². The maximum Gasteiger partial charge on any atom is 0.257 e. The Morgan fingerprint density at radius 3 is 2.58 bits per heavy atom. The van der Waals surface area contributed by atoms with Crippen LogP contribution < -0.4 is 5.14 Å². The minimum atomic E-state index is -3.63. The van der Waals surface area contributed by atoms with Crippen LogP contribution in [-0.4, -0.2) is 47.5 Å². The molecule has 7 nitrogen and oxygen atoms in total. The fourth-order valence-corrected chi connectivity index (χ4v) is 3.58. The Labute approximate surface area is 140 Å². The van der Waals surface area contributed by atoms with Gasteiger partial charge in [0.1, 0.15) is 0 Å². The molecule has 1 unspecified atom stereocenters. The highest BCUT2D eigenvalue weighted by atomic mass is 32.2. The molecule has 0 radical (unpaired) electrons. The van der Waals surface area contributed by atoms with E-state index in [1.54, 1.807) is 6.92 Å². The summed E-state index contributed by atoms with van der Waals surface area (Å²) < 4.78 is 22.8. The highest BCUT2D eigenvalue weighted by Crippen LogP contribution is 2.20. The van der Waals surface area contributed by atoms with E-state index in [4.69, 9.17) is 5.14 Å². The van der Waals surface area contributed by atoms with Crippen molar-refractivity contribution in [2.75, 3.05) is 13.1 Å². The third-order valence-electron chi connectivity index (χ3n) is 4.14. The number of rotatable bonds is 3. The summed E-state index contributed by atoms with van der Waals surface area (Å²) in [5.74, 6) is 0.284. The highest BCUT2D eigenvalue weighted by molar-refractivity contribution is 7.89. The van der Waals surface area contributed by atoms with Gasteiger partial charge in [-0.2, -0.15) is 0 Å². The van der Waals surface area contributed by atoms with Crippen LogP contribution >= 0.6 is 0 Å². The van der Waals surface area contributed by atoms with E-state index in [2.05, 4.69) is 9.97 Å². The van der Waals surface area contributed by atoms with E-state index in [1.807, 2.05) is 30.3 Å². The fraction of sp³-hybridized carbons (Fsp3) is 0.312. The molecule has 2 aromatic rings. The molecule has 1 aliphatic heterocycles. The standard InChI is InChI=1S/C16H18N4O3S/c1-11-14(9-18-15(19-11)12-5-3-2-4-6-12)16(21)20-8-7-13(10-20)24(17,22)23/h2-6,9,13H,7-8,10H2,1H3,(H2,17,22,23). The number of likely N-dealkylation sites (tertiary alicyclic amines) is 1. The largest absolute Gasteiger partial charge is 0.337 e. The number of nitrogens with zero attached hydrogens (tertiary/aromatic N) is 3. The molecule has 2 heterocycles. The van der Waals surface area contributed by atoms with Crippen LogP contribution in [0.4, 0.5) is 0 Å². The van der Waals surface area contributed by atoms with Crippen LogP contribution in [0, 0.1) is 6.92 Å². The van der Waals surface area contributed by atoms with Crippen LogP contribution in [0.1, 0.15) is 22.5 Å². The molecule has 0 bridgehead atoms. The first-order valence-corrected chi connectivity index (χ1v) is 9.17. The smallest absolute Gasteiger partial charge is 0.257 e. The lowest BCUT2D eigenvalue weighted by Crippen LogP contribution is -2.34. The van der Waals surface area contributed by atoms with Crippen LogP contribution in [0.5, 0.6) is 0 Å². The number of aromatic nitrogens is 2. The van der Waals surface area contributed by atoms with E-state index in [0.29, 0.717) is 30.0 Å². The number of primary sulfonamides is 1. The summed E-state index contributed by atoms with van der Waals surface area (Å²) in [6, 6.07) is 9.49. The van der Waals surface area contributed by atoms with Gasteiger partial charge in [0.05, 0.1) is 16.5 Å². The van der Waals surface area contributed by atoms with Gasteiger partial charge in [-0.05, 0) is 13.3 Å². The first kappa shape index (κ1) is 16.5. The molecule has 1 aromatic carbocycles. The van der Waals surface area contributed by atoms with Crippen molar-refractivity contribution in [1.29, 1.82) is 0 Å². The number of aryl methyl sites for hydroxylation is 1. The van der Waals surface area contributed by atoms with Gasteiger partial charge in [-0.25, -0.2) is 23.5 Å². The summed E-state index contributed by atoms with van der Waals surface area (Å²) >= 11 is 0. The molecule has 0 aliphatic carbocycles. The lowest BCUT2D eigenvalue weighted by molar-refractivity contribution is 0.0791. The Morgan fingerprint density at radius 2 is 2.00 bits per heavy atom. The van der Waals surface area contributed by atoms with Gasteiger partial charge < -0.3 is 4.90 Å². The Hall–Kier alpha value is -2.32. The lowest BCUT2D eigenvalue weighted by atomic mass is 10.1. The fourth-order valence-electron chi connectivity index (χ4n) is 2.75. The number of carbonyl (C=O) groups is 1. The molecular weight excluding hydrogens is 328 g/mol. The number of hydrogen-bond donors (Lipinski definition) is 1. The summed E-state index contributed by atoms with van der Waals surface area (Å²) in [5, 5.41) is 4.46. The zero-order valence-electron chi connectivity index (χ0n) is 13.2. The third kappa shape index (κ3) is 3.29. The monoisotopic (exact) mass is 346 g/mol. The number of benzene rings is 1. The zero-order valence-corrected chi connectivity index (χ0v) is 14.0. The summed E-state index contributed by atoms with van der Waals surface area (Å²) in [5.41, 5.74) is 1.81. The second-order valence-electron chi connectivity index (χ2n) is 5.81. The van der Waals surface area contributed by atoms with Crippen LogP contribution in [0.3, 0.4) is 0 Å². The predicted octanol–water partition coefficient (Wildman–Crippen LogP) is 0.955. The van der Waals surface area contributed by atoms with E-state index in [1.165, 1.54) is 11.1 Å². The van der Waals surface area contributed by atoms with Gasteiger partial charge in [-0.3, -0.25) is 4.79 Å². The topological polar surface area (TPSA) is 106 Å². The Morgan fingerprint density at radius 1 is 1.29 bits per heavy atom. The summed E-state index contributed by atoms with van der Waals surface area (Å²) in [6.45, 7) is 2.21. The van der Waals surface area contributed by atoms with Gasteiger partial charge >= 0.3 is 0 Å². The molecule has 3 rings (SSSR count). The molecule has 8 heteroatoms. The van der Waals surface area contributed by atoms with Crippen molar-refractivity contribution >= 4 is 15.9 Å². The number of carbonyl (C=O) groups excluding carboxylic acids is 1. The molecule has 0 spiro atoms. The molecule has 1 saturated heterocycles. The number of hydrogen-bond acceptors (Lipinski definition) is 5. The predicted molar refractivity (Wildman–Crippen MR) is 89.6 cm³/mol. The Balaban J connectivity index is 1.82. The molecule has 0 saturated carbocycles. The van der Waals surface area contributed by atoms with Crippen molar-refractivity contribution in [3.8, 4) is 11.4 Å². The van der Waals surface area contributed by atoms with Gasteiger partial charge in [0, 0.05) is 24.8 Å². The van der Waals surface area contributed by atoms with Gasteiger partial charge in [0.25, 0.3) is 5.91 Å². The van der Waals surface area contributed by atoms with E-state index >= 15 is 0 Å². The quantitative estimate of drug-likeness (QED) is 0.891. The summed E-state index contributed by atoms with van der Waals surface area (Å²) in [4.78, 5) is 22.8. The van der Waals surface area contributed by atoms with E-state index in [-0.39, 0.29) is 12.5 Å². The normalized spacial score (nSPS) is 17.9. The van der Waals surface area contributed by atoms with E-state index in [9.17, 15) is 13.2 Å². The molecule has 1 aliphatic rings. The highest BCUT2D eigenvalue weighted by Gasteiger charge is 2.34. The number of amides is 1. The van der Waals surface area contributed by atoms with Gasteiger partial charge in [0.15, 0.2) is 5.82 Å². The Kier molecular flexibility index (Phi) is 4.33. The van der Waals surface area contributed by atoms with Crippen LogP contribution in [0.25, 0.3) is 11.4 Å². The molecule has 126 valence electrons. The van der Waals surface area contributed by atoms with Crippen molar-refractivity contribution in [3.05, 3.63) is 47.8 Å². The second-order valence-corrected chi connectivity index (χ2v) is 7.65. The molecule has 1 atom stereocenters. The van der Waals surface area contributed by atoms with E-state index in [0.717, 1.165) is 5.56 Å². The van der Waals surface area contributed by atoms with Crippen molar-refractivity contribution in [2.45, 2.75) is 18.6 Å². The molecular formula is C16H18N4O3S. The molecule has 1 fully saturated rings. The van der Waals surface area contributed by atoms with Gasteiger partial charge in [0.2, 0.25) is 10.0 Å². The van der Waals surface area contributed by atoms with Crippen molar-refractivity contribution in [2.24, 2.45) is 5.14 Å². The first-order chi connectivity index (χ1) is 11.4. The second kappa shape index (κ2) is 6.29. The maximum atomic E-state index is 12.6. The summed E-state index contributed by atoms with van der Waals surface area (Å²) in [7, 11) is -3.63. The average molecular weight is 346 g/mol. The summed E-state index contributed by atoms with van der Waals surface area (Å²) in [6.07, 6.45) is 1.85. The first-order valence-electron chi connectivity index (χ1n) is 7.56. The molecule has 24 heavy (non-hydrogen) atoms. The lowest BCUT2D eigenvalue weighted by Gasteiger charge is -2.17. The van der Waals surface area contributed by atoms with Crippen LogP contribution in [0.2, 0.25) is 0 Å². The number of nitrogens with two attached hydrogens (primary N) is 1. The maximum absolute atomic E-state index is 12.6. The molecule has 2 N–H and O–H groups in total. The third-order valence-corrected chi connectivity index (χ3v) is 5.45. The zero-order chi connectivity index (χ0) is 17.3. The van der Waals surface area contributed by atoms with Crippen molar-refractivity contribution < 1.29 is 13.2 Å². The van der Waals surface area contributed by atoms with Gasteiger partial charge in [-0.1, -0.05) is 30.3 Å².